The Bertz CT molecular complexity index is 514. The lowest BCUT2D eigenvalue weighted by Gasteiger charge is -2.18. The maximum atomic E-state index is 12.3. The molecule has 1 heterocycles. The monoisotopic (exact) mass is 370 g/mol. The second-order valence-corrected chi connectivity index (χ2v) is 5.20. The number of nitrogens with zero attached hydrogens (tertiary/aromatic N) is 3. The highest BCUT2D eigenvalue weighted by atomic mass is 79.9. The highest BCUT2D eigenvalue weighted by Crippen LogP contribution is 2.19. The van der Waals surface area contributed by atoms with Crippen molar-refractivity contribution in [2.45, 2.75) is 26.6 Å². The van der Waals surface area contributed by atoms with Crippen molar-refractivity contribution < 1.29 is 13.2 Å². The smallest absolute Gasteiger partial charge is 0.381 e. The van der Waals surface area contributed by atoms with E-state index in [2.05, 4.69) is 31.2 Å². The number of nitrogens with one attached hydrogen (secondary N) is 1. The van der Waals surface area contributed by atoms with Gasteiger partial charge in [0.2, 0.25) is 0 Å². The number of anilines is 1. The minimum atomic E-state index is -4.48. The Morgan fingerprint density at radius 2 is 2.00 bits per heavy atom. The van der Waals surface area contributed by atoms with Crippen LogP contribution in [0.15, 0.2) is 15.5 Å². The van der Waals surface area contributed by atoms with Crippen LogP contribution >= 0.6 is 15.9 Å². The molecule has 0 aliphatic heterocycles. The van der Waals surface area contributed by atoms with Gasteiger partial charge in [-0.2, -0.15) is 18.3 Å². The van der Waals surface area contributed by atoms with Crippen molar-refractivity contribution in [1.82, 2.24) is 14.7 Å². The molecule has 1 aromatic heterocycles. The van der Waals surface area contributed by atoms with Crippen molar-refractivity contribution in [3.05, 3.63) is 21.0 Å². The SMILES string of the molecule is CCN(CC)CCNc1cnn(CC(F)(F)F)c(=O)c1Br. The first kappa shape index (κ1) is 18.0. The molecule has 0 aliphatic rings. The van der Waals surface area contributed by atoms with Gasteiger partial charge in [0.15, 0.2) is 0 Å². The van der Waals surface area contributed by atoms with E-state index < -0.39 is 18.3 Å². The van der Waals surface area contributed by atoms with Crippen molar-refractivity contribution in [2.75, 3.05) is 31.5 Å². The molecule has 0 aliphatic carbocycles. The van der Waals surface area contributed by atoms with Crippen molar-refractivity contribution in [3.8, 4) is 0 Å². The van der Waals surface area contributed by atoms with Crippen molar-refractivity contribution in [1.29, 1.82) is 0 Å². The van der Waals surface area contributed by atoms with Crippen LogP contribution < -0.4 is 10.9 Å². The quantitative estimate of drug-likeness (QED) is 0.800. The van der Waals surface area contributed by atoms with Crippen molar-refractivity contribution in [2.24, 2.45) is 0 Å². The van der Waals surface area contributed by atoms with Crippen LogP contribution in [-0.4, -0.2) is 47.0 Å². The molecule has 0 spiro atoms. The minimum absolute atomic E-state index is 0.0568. The van der Waals surface area contributed by atoms with E-state index in [-0.39, 0.29) is 4.47 Å². The summed E-state index contributed by atoms with van der Waals surface area (Å²) in [6.07, 6.45) is -3.26. The van der Waals surface area contributed by atoms with Gasteiger partial charge in [0.05, 0.1) is 11.9 Å². The summed E-state index contributed by atoms with van der Waals surface area (Å²) in [5.41, 5.74) is -0.411. The lowest BCUT2D eigenvalue weighted by atomic mass is 10.4. The van der Waals surface area contributed by atoms with Gasteiger partial charge in [-0.05, 0) is 29.0 Å². The Labute approximate surface area is 129 Å². The largest absolute Gasteiger partial charge is 0.408 e. The summed E-state index contributed by atoms with van der Waals surface area (Å²) in [6.45, 7) is 5.84. The number of aromatic nitrogens is 2. The van der Waals surface area contributed by atoms with Gasteiger partial charge in [0.1, 0.15) is 11.0 Å². The van der Waals surface area contributed by atoms with E-state index >= 15 is 0 Å². The second kappa shape index (κ2) is 7.79. The molecule has 1 N–H and O–H groups in total. The number of rotatable bonds is 7. The topological polar surface area (TPSA) is 50.2 Å². The van der Waals surface area contributed by atoms with Gasteiger partial charge in [-0.3, -0.25) is 4.79 Å². The number of alkyl halides is 3. The van der Waals surface area contributed by atoms with E-state index in [4.69, 9.17) is 0 Å². The summed E-state index contributed by atoms with van der Waals surface area (Å²) >= 11 is 3.02. The molecule has 1 aromatic rings. The number of halogens is 4. The first-order chi connectivity index (χ1) is 9.78. The minimum Gasteiger partial charge on any atom is -0.381 e. The first-order valence-electron chi connectivity index (χ1n) is 6.57. The highest BCUT2D eigenvalue weighted by molar-refractivity contribution is 9.10. The molecule has 9 heteroatoms. The molecule has 120 valence electrons. The third kappa shape index (κ3) is 5.66. The summed E-state index contributed by atoms with van der Waals surface area (Å²) in [6, 6.07) is 0. The number of hydrogen-bond acceptors (Lipinski definition) is 4. The summed E-state index contributed by atoms with van der Waals surface area (Å²) < 4.78 is 37.3. The molecule has 0 radical (unpaired) electrons. The predicted molar refractivity (Wildman–Crippen MR) is 78.5 cm³/mol. The predicted octanol–water partition coefficient (Wildman–Crippen LogP) is 2.32. The van der Waals surface area contributed by atoms with Crippen LogP contribution in [0.5, 0.6) is 0 Å². The molecule has 0 aromatic carbocycles. The van der Waals surface area contributed by atoms with Crippen LogP contribution in [0.25, 0.3) is 0 Å². The van der Waals surface area contributed by atoms with Gasteiger partial charge in [-0.1, -0.05) is 13.8 Å². The van der Waals surface area contributed by atoms with Crippen LogP contribution in [0, 0.1) is 0 Å². The van der Waals surface area contributed by atoms with Gasteiger partial charge < -0.3 is 10.2 Å². The normalized spacial score (nSPS) is 12.0. The number of hydrogen-bond donors (Lipinski definition) is 1. The molecular formula is C12H18BrF3N4O. The summed E-state index contributed by atoms with van der Waals surface area (Å²) in [5, 5.41) is 6.54. The molecular weight excluding hydrogens is 353 g/mol. The fourth-order valence-electron chi connectivity index (χ4n) is 1.76. The average Bonchev–Trinajstić information content (AvgIpc) is 2.41. The second-order valence-electron chi connectivity index (χ2n) is 4.40. The van der Waals surface area contributed by atoms with Crippen LogP contribution in [0.4, 0.5) is 18.9 Å². The van der Waals surface area contributed by atoms with E-state index in [1.165, 1.54) is 6.20 Å². The molecule has 0 atom stereocenters. The van der Waals surface area contributed by atoms with Gasteiger partial charge in [-0.15, -0.1) is 0 Å². The van der Waals surface area contributed by atoms with E-state index in [0.29, 0.717) is 16.9 Å². The zero-order valence-corrected chi connectivity index (χ0v) is 13.5. The van der Waals surface area contributed by atoms with E-state index in [1.807, 2.05) is 13.8 Å². The third-order valence-corrected chi connectivity index (χ3v) is 3.72. The van der Waals surface area contributed by atoms with Crippen molar-refractivity contribution in [3.63, 3.8) is 0 Å². The van der Waals surface area contributed by atoms with Crippen molar-refractivity contribution >= 4 is 21.6 Å². The summed E-state index contributed by atoms with van der Waals surface area (Å²) in [4.78, 5) is 14.0. The number of likely N-dealkylation sites (N-methyl/N-ethyl adjacent to an activating group) is 1. The Balaban J connectivity index is 2.74. The first-order valence-corrected chi connectivity index (χ1v) is 7.36. The molecule has 21 heavy (non-hydrogen) atoms. The Morgan fingerprint density at radius 3 is 2.52 bits per heavy atom. The standard InChI is InChI=1S/C12H18BrF3N4O/c1-3-19(4-2)6-5-17-9-7-18-20(8-12(14,15)16)11(21)10(9)13/h7,17H,3-6,8H2,1-2H3. The van der Waals surface area contributed by atoms with Crippen LogP contribution in [0.1, 0.15) is 13.8 Å². The highest BCUT2D eigenvalue weighted by Gasteiger charge is 2.29. The van der Waals surface area contributed by atoms with E-state index in [1.54, 1.807) is 0 Å². The molecule has 0 fully saturated rings. The van der Waals surface area contributed by atoms with Crippen LogP contribution in [0.3, 0.4) is 0 Å². The lowest BCUT2D eigenvalue weighted by molar-refractivity contribution is -0.143. The third-order valence-electron chi connectivity index (χ3n) is 2.95. The molecule has 0 bridgehead atoms. The van der Waals surface area contributed by atoms with Gasteiger partial charge >= 0.3 is 6.18 Å². The fraction of sp³-hybridized carbons (Fsp3) is 0.667. The fourth-order valence-corrected chi connectivity index (χ4v) is 2.21. The summed E-state index contributed by atoms with van der Waals surface area (Å²) in [5.74, 6) is 0. The van der Waals surface area contributed by atoms with Crippen LogP contribution in [-0.2, 0) is 6.54 Å². The lowest BCUT2D eigenvalue weighted by Crippen LogP contribution is -2.32. The zero-order valence-electron chi connectivity index (χ0n) is 11.9. The Hall–Kier alpha value is -1.09. The molecule has 5 nitrogen and oxygen atoms in total. The maximum Gasteiger partial charge on any atom is 0.408 e. The van der Waals surface area contributed by atoms with Gasteiger partial charge in [0, 0.05) is 13.1 Å². The molecule has 0 saturated heterocycles. The molecule has 0 saturated carbocycles. The summed E-state index contributed by atoms with van der Waals surface area (Å²) in [7, 11) is 0. The Morgan fingerprint density at radius 1 is 1.38 bits per heavy atom. The van der Waals surface area contributed by atoms with E-state index in [0.717, 1.165) is 19.6 Å². The van der Waals surface area contributed by atoms with Gasteiger partial charge in [-0.25, -0.2) is 4.68 Å². The van der Waals surface area contributed by atoms with Gasteiger partial charge in [0.25, 0.3) is 5.56 Å². The zero-order chi connectivity index (χ0) is 16.0. The molecule has 0 amide bonds. The van der Waals surface area contributed by atoms with Crippen LogP contribution in [0.2, 0.25) is 0 Å². The molecule has 0 unspecified atom stereocenters. The average molecular weight is 371 g/mol. The van der Waals surface area contributed by atoms with E-state index in [9.17, 15) is 18.0 Å². The maximum absolute atomic E-state index is 12.3. The molecule has 1 rings (SSSR count). The Kier molecular flexibility index (Phi) is 6.66.